The monoisotopic (exact) mass is 160 g/mol. The van der Waals surface area contributed by atoms with E-state index in [1.807, 2.05) is 0 Å². The van der Waals surface area contributed by atoms with Gasteiger partial charge in [0, 0.05) is 6.61 Å². The molecule has 0 spiro atoms. The van der Waals surface area contributed by atoms with Crippen LogP contribution in [0.25, 0.3) is 0 Å². The summed E-state index contributed by atoms with van der Waals surface area (Å²) in [6.45, 7) is 4.20. The molecule has 0 rings (SSSR count). The van der Waals surface area contributed by atoms with E-state index in [2.05, 4.69) is 6.92 Å². The molecule has 0 aliphatic heterocycles. The lowest BCUT2D eigenvalue weighted by atomic mass is 10.3. The van der Waals surface area contributed by atoms with Crippen molar-refractivity contribution in [2.75, 3.05) is 6.61 Å². The van der Waals surface area contributed by atoms with Gasteiger partial charge in [-0.3, -0.25) is 0 Å². The normalized spacial score (nSPS) is 12.9. The first-order valence-electron chi connectivity index (χ1n) is 4.03. The topological polar surface area (TPSA) is 46.5 Å². The number of hydrogen-bond acceptors (Lipinski definition) is 2. The Bertz CT molecular complexity index is 112. The summed E-state index contributed by atoms with van der Waals surface area (Å²) in [5, 5.41) is 8.41. The molecule has 0 amide bonds. The summed E-state index contributed by atoms with van der Waals surface area (Å²) in [4.78, 5) is 10.2. The van der Waals surface area contributed by atoms with Crippen molar-refractivity contribution in [2.45, 2.75) is 39.2 Å². The highest BCUT2D eigenvalue weighted by atomic mass is 16.5. The minimum Gasteiger partial charge on any atom is -0.479 e. The molecule has 0 aliphatic carbocycles. The molecule has 1 atom stereocenters. The Kier molecular flexibility index (Phi) is 5.84. The van der Waals surface area contributed by atoms with E-state index in [9.17, 15) is 4.79 Å². The molecule has 0 aliphatic rings. The molecule has 0 aromatic rings. The number of carboxylic acid groups (broad SMARTS) is 1. The Labute approximate surface area is 67.4 Å². The van der Waals surface area contributed by atoms with Crippen LogP contribution in [-0.4, -0.2) is 23.8 Å². The highest BCUT2D eigenvalue weighted by Crippen LogP contribution is 1.97. The van der Waals surface area contributed by atoms with Gasteiger partial charge in [-0.2, -0.15) is 0 Å². The average Bonchev–Trinajstić information content (AvgIpc) is 1.97. The standard InChI is InChI=1S/C8H16O3/c1-3-4-5-6-11-7(2)8(9)10/h7H,3-6H2,1-2H3,(H,9,10)/t7-/m1/s1. The van der Waals surface area contributed by atoms with Crippen LogP contribution in [0.4, 0.5) is 0 Å². The van der Waals surface area contributed by atoms with E-state index in [1.54, 1.807) is 6.92 Å². The van der Waals surface area contributed by atoms with Gasteiger partial charge < -0.3 is 9.84 Å². The number of hydrogen-bond donors (Lipinski definition) is 1. The maximum Gasteiger partial charge on any atom is 0.332 e. The molecular weight excluding hydrogens is 144 g/mol. The van der Waals surface area contributed by atoms with E-state index in [1.165, 1.54) is 0 Å². The summed E-state index contributed by atoms with van der Waals surface area (Å²) in [6.07, 6.45) is 2.53. The summed E-state index contributed by atoms with van der Waals surface area (Å²) in [7, 11) is 0. The SMILES string of the molecule is CCCCCO[C@H](C)C(=O)O. The Morgan fingerprint density at radius 2 is 2.18 bits per heavy atom. The molecule has 0 unspecified atom stereocenters. The first-order valence-corrected chi connectivity index (χ1v) is 4.03. The van der Waals surface area contributed by atoms with Crippen molar-refractivity contribution < 1.29 is 14.6 Å². The first-order chi connectivity index (χ1) is 5.18. The van der Waals surface area contributed by atoms with Gasteiger partial charge in [0.15, 0.2) is 6.10 Å². The minimum atomic E-state index is -0.888. The Balaban J connectivity index is 3.17. The summed E-state index contributed by atoms with van der Waals surface area (Å²) in [5.74, 6) is -0.888. The third-order valence-corrected chi connectivity index (χ3v) is 1.46. The zero-order valence-electron chi connectivity index (χ0n) is 7.17. The van der Waals surface area contributed by atoms with Crippen molar-refractivity contribution in [1.29, 1.82) is 0 Å². The number of rotatable bonds is 6. The number of carbonyl (C=O) groups is 1. The molecule has 0 aromatic heterocycles. The fraction of sp³-hybridized carbons (Fsp3) is 0.875. The second-order valence-corrected chi connectivity index (χ2v) is 2.56. The highest BCUT2D eigenvalue weighted by molar-refractivity contribution is 5.71. The van der Waals surface area contributed by atoms with Crippen LogP contribution < -0.4 is 0 Å². The molecular formula is C8H16O3. The van der Waals surface area contributed by atoms with E-state index in [0.717, 1.165) is 19.3 Å². The molecule has 0 saturated carbocycles. The molecule has 11 heavy (non-hydrogen) atoms. The lowest BCUT2D eigenvalue weighted by Gasteiger charge is -2.06. The summed E-state index contributed by atoms with van der Waals surface area (Å²) in [5.41, 5.74) is 0. The molecule has 0 saturated heterocycles. The molecule has 0 fully saturated rings. The van der Waals surface area contributed by atoms with Crippen molar-refractivity contribution in [3.05, 3.63) is 0 Å². The predicted octanol–water partition coefficient (Wildman–Crippen LogP) is 1.67. The van der Waals surface area contributed by atoms with Crippen molar-refractivity contribution >= 4 is 5.97 Å². The Morgan fingerprint density at radius 3 is 2.64 bits per heavy atom. The molecule has 0 bridgehead atoms. The van der Waals surface area contributed by atoms with E-state index < -0.39 is 12.1 Å². The minimum absolute atomic E-state index is 0.557. The largest absolute Gasteiger partial charge is 0.479 e. The lowest BCUT2D eigenvalue weighted by molar-refractivity contribution is -0.149. The van der Waals surface area contributed by atoms with Crippen LogP contribution in [0.3, 0.4) is 0 Å². The van der Waals surface area contributed by atoms with Crippen LogP contribution in [-0.2, 0) is 9.53 Å². The Morgan fingerprint density at radius 1 is 1.55 bits per heavy atom. The summed E-state index contributed by atoms with van der Waals surface area (Å²) < 4.78 is 5.01. The van der Waals surface area contributed by atoms with E-state index in [0.29, 0.717) is 6.61 Å². The van der Waals surface area contributed by atoms with Crippen LogP contribution in [0.5, 0.6) is 0 Å². The molecule has 0 aromatic carbocycles. The van der Waals surface area contributed by atoms with Gasteiger partial charge in [0.1, 0.15) is 0 Å². The third kappa shape index (κ3) is 5.85. The quantitative estimate of drug-likeness (QED) is 0.601. The van der Waals surface area contributed by atoms with Crippen LogP contribution in [0.15, 0.2) is 0 Å². The molecule has 0 radical (unpaired) electrons. The zero-order valence-corrected chi connectivity index (χ0v) is 7.17. The van der Waals surface area contributed by atoms with Crippen LogP contribution in [0, 0.1) is 0 Å². The first kappa shape index (κ1) is 10.4. The molecule has 0 heterocycles. The van der Waals surface area contributed by atoms with Gasteiger partial charge in [-0.15, -0.1) is 0 Å². The van der Waals surface area contributed by atoms with Crippen LogP contribution >= 0.6 is 0 Å². The maximum atomic E-state index is 10.2. The average molecular weight is 160 g/mol. The van der Waals surface area contributed by atoms with E-state index >= 15 is 0 Å². The van der Waals surface area contributed by atoms with Gasteiger partial charge in [0.05, 0.1) is 0 Å². The molecule has 66 valence electrons. The van der Waals surface area contributed by atoms with Gasteiger partial charge >= 0.3 is 5.97 Å². The zero-order chi connectivity index (χ0) is 8.69. The number of ether oxygens (including phenoxy) is 1. The second kappa shape index (κ2) is 6.16. The van der Waals surface area contributed by atoms with Crippen molar-refractivity contribution in [3.63, 3.8) is 0 Å². The van der Waals surface area contributed by atoms with Gasteiger partial charge in [0.25, 0.3) is 0 Å². The molecule has 1 N–H and O–H groups in total. The van der Waals surface area contributed by atoms with Crippen LogP contribution in [0.2, 0.25) is 0 Å². The lowest BCUT2D eigenvalue weighted by Crippen LogP contribution is -2.20. The van der Waals surface area contributed by atoms with Crippen molar-refractivity contribution in [3.8, 4) is 0 Å². The van der Waals surface area contributed by atoms with Gasteiger partial charge in [0.2, 0.25) is 0 Å². The third-order valence-electron chi connectivity index (χ3n) is 1.46. The Hall–Kier alpha value is -0.570. The fourth-order valence-electron chi connectivity index (χ4n) is 0.683. The van der Waals surface area contributed by atoms with Crippen molar-refractivity contribution in [2.24, 2.45) is 0 Å². The van der Waals surface area contributed by atoms with Crippen LogP contribution in [0.1, 0.15) is 33.1 Å². The van der Waals surface area contributed by atoms with E-state index in [4.69, 9.17) is 9.84 Å². The second-order valence-electron chi connectivity index (χ2n) is 2.56. The summed E-state index contributed by atoms with van der Waals surface area (Å²) in [6, 6.07) is 0. The molecule has 3 nitrogen and oxygen atoms in total. The van der Waals surface area contributed by atoms with Gasteiger partial charge in [-0.1, -0.05) is 19.8 Å². The number of carboxylic acids is 1. The van der Waals surface area contributed by atoms with Gasteiger partial charge in [-0.05, 0) is 13.3 Å². The predicted molar refractivity (Wildman–Crippen MR) is 42.6 cm³/mol. The number of unbranched alkanes of at least 4 members (excludes halogenated alkanes) is 2. The molecule has 3 heteroatoms. The van der Waals surface area contributed by atoms with Gasteiger partial charge in [-0.25, -0.2) is 4.79 Å². The highest BCUT2D eigenvalue weighted by Gasteiger charge is 2.09. The van der Waals surface area contributed by atoms with E-state index in [-0.39, 0.29) is 0 Å². The maximum absolute atomic E-state index is 10.2. The fourth-order valence-corrected chi connectivity index (χ4v) is 0.683. The summed E-state index contributed by atoms with van der Waals surface area (Å²) >= 11 is 0. The van der Waals surface area contributed by atoms with Crippen molar-refractivity contribution in [1.82, 2.24) is 0 Å². The smallest absolute Gasteiger partial charge is 0.332 e. The number of aliphatic carboxylic acids is 1.